The highest BCUT2D eigenvalue weighted by atomic mass is 16.5. The van der Waals surface area contributed by atoms with Gasteiger partial charge < -0.3 is 14.4 Å². The Morgan fingerprint density at radius 1 is 1.28 bits per heavy atom. The number of fused-ring (bicyclic) bond motifs is 1. The summed E-state index contributed by atoms with van der Waals surface area (Å²) in [6, 6.07) is 2.28. The van der Waals surface area contributed by atoms with Gasteiger partial charge in [-0.1, -0.05) is 6.92 Å². The molecule has 1 atom stereocenters. The second-order valence-electron chi connectivity index (χ2n) is 8.32. The smallest absolute Gasteiger partial charge is 0.307 e. The molecule has 2 aromatic rings. The van der Waals surface area contributed by atoms with Crippen molar-refractivity contribution in [2.45, 2.75) is 53.0 Å². The van der Waals surface area contributed by atoms with Crippen LogP contribution >= 0.6 is 0 Å². The van der Waals surface area contributed by atoms with Crippen molar-refractivity contribution >= 4 is 22.9 Å². The lowest BCUT2D eigenvalue weighted by Crippen LogP contribution is -2.45. The van der Waals surface area contributed by atoms with Gasteiger partial charge in [-0.3, -0.25) is 14.5 Å². The van der Waals surface area contributed by atoms with Crippen LogP contribution in [0.15, 0.2) is 6.07 Å². The summed E-state index contributed by atoms with van der Waals surface area (Å²) in [7, 11) is 1.81. The van der Waals surface area contributed by atoms with Crippen molar-refractivity contribution in [3.05, 3.63) is 17.3 Å². The fraction of sp³-hybridized carbons (Fsp3) is 0.652. The number of carbonyl (C=O) groups excluding carboxylic acids is 2. The molecule has 0 aromatic carbocycles. The molecule has 1 aliphatic heterocycles. The summed E-state index contributed by atoms with van der Waals surface area (Å²) < 4.78 is 12.6. The Bertz CT molecular complexity index is 958. The van der Waals surface area contributed by atoms with E-state index in [1.54, 1.807) is 16.5 Å². The van der Waals surface area contributed by atoms with E-state index in [0.717, 1.165) is 48.2 Å². The Balaban J connectivity index is 1.71. The average Bonchev–Trinajstić information content (AvgIpc) is 3.33. The minimum absolute atomic E-state index is 0.138. The molecule has 176 valence electrons. The van der Waals surface area contributed by atoms with Gasteiger partial charge in [0.2, 0.25) is 5.88 Å². The van der Waals surface area contributed by atoms with Gasteiger partial charge in [0.15, 0.2) is 12.3 Å². The number of carbonyl (C=O) groups is 2. The van der Waals surface area contributed by atoms with Gasteiger partial charge in [-0.25, -0.2) is 9.67 Å². The molecule has 0 spiro atoms. The standard InChI is InChI=1S/C23H35N5O4/c1-6-27-11-8-9-18(27)14-28(12-10-20(30)31-7-2)19(29)15-32-23-21-16(3)13-17(4)24-22(21)26(5)25-23/h13,18H,6-12,14-15H2,1-5H3. The topological polar surface area (TPSA) is 89.8 Å². The molecule has 1 fully saturated rings. The van der Waals surface area contributed by atoms with Gasteiger partial charge in [-0.2, -0.15) is 0 Å². The molecule has 3 heterocycles. The highest BCUT2D eigenvalue weighted by molar-refractivity contribution is 5.86. The van der Waals surface area contributed by atoms with Gasteiger partial charge in [0.05, 0.1) is 18.4 Å². The molecule has 0 aliphatic carbocycles. The number of likely N-dealkylation sites (N-methyl/N-ethyl adjacent to an activating group) is 1. The SMILES string of the molecule is CCOC(=O)CCN(CC1CCCN1CC)C(=O)COc1nn(C)c2nc(C)cc(C)c12. The van der Waals surface area contributed by atoms with Crippen LogP contribution in [0.1, 0.15) is 44.4 Å². The van der Waals surface area contributed by atoms with Gasteiger partial charge in [0.25, 0.3) is 5.91 Å². The van der Waals surface area contributed by atoms with Crippen molar-refractivity contribution in [1.29, 1.82) is 0 Å². The van der Waals surface area contributed by atoms with Crippen LogP contribution in [0.3, 0.4) is 0 Å². The van der Waals surface area contributed by atoms with E-state index in [2.05, 4.69) is 21.9 Å². The zero-order chi connectivity index (χ0) is 23.3. The fourth-order valence-corrected chi connectivity index (χ4v) is 4.42. The molecule has 1 aliphatic rings. The molecule has 0 saturated carbocycles. The van der Waals surface area contributed by atoms with Crippen LogP contribution in [0.2, 0.25) is 0 Å². The first-order valence-corrected chi connectivity index (χ1v) is 11.4. The molecule has 1 unspecified atom stereocenters. The van der Waals surface area contributed by atoms with Crippen LogP contribution in [-0.2, 0) is 21.4 Å². The maximum absolute atomic E-state index is 13.1. The number of likely N-dealkylation sites (tertiary alicyclic amines) is 1. The summed E-state index contributed by atoms with van der Waals surface area (Å²) in [6.45, 7) is 10.9. The predicted molar refractivity (Wildman–Crippen MR) is 122 cm³/mol. The summed E-state index contributed by atoms with van der Waals surface area (Å²) in [4.78, 5) is 33.7. The Morgan fingerprint density at radius 3 is 2.78 bits per heavy atom. The highest BCUT2D eigenvalue weighted by Gasteiger charge is 2.28. The van der Waals surface area contributed by atoms with Crippen molar-refractivity contribution in [1.82, 2.24) is 24.6 Å². The number of esters is 1. The summed E-state index contributed by atoms with van der Waals surface area (Å²) in [5, 5.41) is 5.25. The summed E-state index contributed by atoms with van der Waals surface area (Å²) in [6.07, 6.45) is 2.35. The van der Waals surface area contributed by atoms with E-state index < -0.39 is 0 Å². The summed E-state index contributed by atoms with van der Waals surface area (Å²) in [5.74, 6) is -0.0474. The zero-order valence-electron chi connectivity index (χ0n) is 19.9. The van der Waals surface area contributed by atoms with Gasteiger partial charge in [0, 0.05) is 31.9 Å². The molecule has 9 nitrogen and oxygen atoms in total. The first-order chi connectivity index (χ1) is 15.3. The number of ether oxygens (including phenoxy) is 2. The molecular formula is C23H35N5O4. The molecule has 3 rings (SSSR count). The monoisotopic (exact) mass is 445 g/mol. The van der Waals surface area contributed by atoms with E-state index >= 15 is 0 Å². The second kappa shape index (κ2) is 10.8. The third-order valence-electron chi connectivity index (χ3n) is 6.00. The molecule has 0 radical (unpaired) electrons. The van der Waals surface area contributed by atoms with Gasteiger partial charge in [-0.15, -0.1) is 5.10 Å². The molecule has 32 heavy (non-hydrogen) atoms. The average molecular weight is 446 g/mol. The van der Waals surface area contributed by atoms with E-state index in [9.17, 15) is 9.59 Å². The van der Waals surface area contributed by atoms with Crippen LogP contribution in [0.5, 0.6) is 5.88 Å². The Labute approximate surface area is 189 Å². The first kappa shape index (κ1) is 24.0. The maximum atomic E-state index is 13.1. The summed E-state index contributed by atoms with van der Waals surface area (Å²) >= 11 is 0. The number of pyridine rings is 1. The molecule has 1 saturated heterocycles. The number of amides is 1. The number of aromatic nitrogens is 3. The Morgan fingerprint density at radius 2 is 2.06 bits per heavy atom. The van der Waals surface area contributed by atoms with Gasteiger partial charge >= 0.3 is 5.97 Å². The lowest BCUT2D eigenvalue weighted by Gasteiger charge is -2.30. The van der Waals surface area contributed by atoms with Crippen LogP contribution < -0.4 is 4.74 Å². The van der Waals surface area contributed by atoms with E-state index in [4.69, 9.17) is 9.47 Å². The summed E-state index contributed by atoms with van der Waals surface area (Å²) in [5.41, 5.74) is 2.64. The van der Waals surface area contributed by atoms with Crippen molar-refractivity contribution in [3.63, 3.8) is 0 Å². The lowest BCUT2D eigenvalue weighted by molar-refractivity contribution is -0.144. The van der Waals surface area contributed by atoms with Crippen LogP contribution in [0, 0.1) is 13.8 Å². The largest absolute Gasteiger partial charge is 0.466 e. The minimum Gasteiger partial charge on any atom is -0.466 e. The number of aryl methyl sites for hydroxylation is 3. The number of hydrogen-bond acceptors (Lipinski definition) is 7. The van der Waals surface area contributed by atoms with E-state index in [1.807, 2.05) is 27.0 Å². The fourth-order valence-electron chi connectivity index (χ4n) is 4.42. The molecule has 1 amide bonds. The quantitative estimate of drug-likeness (QED) is 0.518. The van der Waals surface area contributed by atoms with Gasteiger partial charge in [-0.05, 0) is 58.3 Å². The number of hydrogen-bond donors (Lipinski definition) is 0. The van der Waals surface area contributed by atoms with Gasteiger partial charge in [0.1, 0.15) is 0 Å². The number of rotatable bonds is 10. The zero-order valence-corrected chi connectivity index (χ0v) is 19.9. The molecule has 2 aromatic heterocycles. The molecule has 9 heteroatoms. The second-order valence-corrected chi connectivity index (χ2v) is 8.32. The van der Waals surface area contributed by atoms with Crippen molar-refractivity contribution in [3.8, 4) is 5.88 Å². The molecule has 0 bridgehead atoms. The van der Waals surface area contributed by atoms with Crippen LogP contribution in [0.4, 0.5) is 0 Å². The normalized spacial score (nSPS) is 16.5. The molecule has 0 N–H and O–H groups in total. The van der Waals surface area contributed by atoms with Crippen LogP contribution in [0.25, 0.3) is 11.0 Å². The third kappa shape index (κ3) is 5.56. The van der Waals surface area contributed by atoms with Crippen molar-refractivity contribution in [2.24, 2.45) is 7.05 Å². The van der Waals surface area contributed by atoms with E-state index in [1.165, 1.54) is 0 Å². The molecular weight excluding hydrogens is 410 g/mol. The van der Waals surface area contributed by atoms with Crippen molar-refractivity contribution in [2.75, 3.05) is 39.4 Å². The third-order valence-corrected chi connectivity index (χ3v) is 6.00. The lowest BCUT2D eigenvalue weighted by atomic mass is 10.2. The Hall–Kier alpha value is -2.68. The highest BCUT2D eigenvalue weighted by Crippen LogP contribution is 2.27. The first-order valence-electron chi connectivity index (χ1n) is 11.4. The maximum Gasteiger partial charge on any atom is 0.307 e. The Kier molecular flexibility index (Phi) is 8.06. The van der Waals surface area contributed by atoms with E-state index in [-0.39, 0.29) is 24.9 Å². The number of nitrogens with zero attached hydrogens (tertiary/aromatic N) is 5. The predicted octanol–water partition coefficient (Wildman–Crippen LogP) is 2.23. The minimum atomic E-state index is -0.294. The van der Waals surface area contributed by atoms with Crippen LogP contribution in [-0.4, -0.2) is 81.9 Å². The van der Waals surface area contributed by atoms with E-state index in [0.29, 0.717) is 31.6 Å². The van der Waals surface area contributed by atoms with Crippen molar-refractivity contribution < 1.29 is 19.1 Å².